The van der Waals surface area contributed by atoms with Gasteiger partial charge in [-0.3, -0.25) is 4.79 Å². The maximum absolute atomic E-state index is 12.1. The van der Waals surface area contributed by atoms with Gasteiger partial charge in [-0.05, 0) is 55.4 Å². The van der Waals surface area contributed by atoms with E-state index in [-0.39, 0.29) is 5.91 Å². The number of nitrogens with two attached hydrogens (primary N) is 1. The van der Waals surface area contributed by atoms with Gasteiger partial charge >= 0.3 is 0 Å². The number of carbonyl (C=O) groups excluding carboxylic acids is 1. The van der Waals surface area contributed by atoms with Gasteiger partial charge in [0.05, 0.1) is 0 Å². The van der Waals surface area contributed by atoms with Crippen LogP contribution >= 0.6 is 0 Å². The summed E-state index contributed by atoms with van der Waals surface area (Å²) in [5.41, 5.74) is 10.2. The number of nitrogens with zero attached hydrogens (tertiary/aromatic N) is 1. The van der Waals surface area contributed by atoms with Crippen LogP contribution in [0.1, 0.15) is 74.2 Å². The number of aryl methyl sites for hydroxylation is 1. The molecule has 0 saturated heterocycles. The van der Waals surface area contributed by atoms with Gasteiger partial charge in [0.25, 0.3) is 0 Å². The Kier molecular flexibility index (Phi) is 5.70. The highest BCUT2D eigenvalue weighted by atomic mass is 16.1. The first-order valence-corrected chi connectivity index (χ1v) is 11.0. The minimum atomic E-state index is -0.339. The summed E-state index contributed by atoms with van der Waals surface area (Å²) in [6.45, 7) is 3.29. The lowest BCUT2D eigenvalue weighted by molar-refractivity contribution is 0.100. The zero-order valence-electron chi connectivity index (χ0n) is 17.0. The first kappa shape index (κ1) is 19.0. The predicted molar refractivity (Wildman–Crippen MR) is 118 cm³/mol. The molecule has 1 aliphatic rings. The zero-order chi connectivity index (χ0) is 19.5. The molecule has 1 aromatic heterocycles. The van der Waals surface area contributed by atoms with Crippen molar-refractivity contribution in [2.75, 3.05) is 0 Å². The Bertz CT molecular complexity index is 979. The summed E-state index contributed by atoms with van der Waals surface area (Å²) in [6.07, 6.45) is 11.6. The molecule has 3 nitrogen and oxygen atoms in total. The van der Waals surface area contributed by atoms with Crippen LogP contribution in [0.3, 0.4) is 0 Å². The molecule has 28 heavy (non-hydrogen) atoms. The van der Waals surface area contributed by atoms with Gasteiger partial charge < -0.3 is 10.3 Å². The number of carbonyl (C=O) groups is 1. The van der Waals surface area contributed by atoms with E-state index in [9.17, 15) is 4.79 Å². The lowest BCUT2D eigenvalue weighted by Crippen LogP contribution is -2.14. The van der Waals surface area contributed by atoms with Gasteiger partial charge in [0.2, 0.25) is 5.91 Å². The van der Waals surface area contributed by atoms with E-state index >= 15 is 0 Å². The largest absolute Gasteiger partial charge is 0.366 e. The van der Waals surface area contributed by atoms with E-state index in [1.165, 1.54) is 67.8 Å². The van der Waals surface area contributed by atoms with Crippen LogP contribution in [0.15, 0.2) is 36.4 Å². The monoisotopic (exact) mass is 376 g/mol. The lowest BCUT2D eigenvalue weighted by atomic mass is 9.89. The number of unbranched alkanes of at least 4 members (excludes halogenated alkanes) is 2. The van der Waals surface area contributed by atoms with E-state index in [0.717, 1.165) is 29.8 Å². The van der Waals surface area contributed by atoms with Crippen LogP contribution in [0, 0.1) is 5.92 Å². The van der Waals surface area contributed by atoms with E-state index in [1.54, 1.807) is 0 Å². The average molecular weight is 377 g/mol. The fourth-order valence-corrected chi connectivity index (χ4v) is 4.95. The smallest absolute Gasteiger partial charge is 0.249 e. The number of rotatable bonds is 7. The van der Waals surface area contributed by atoms with E-state index in [2.05, 4.69) is 35.8 Å². The fraction of sp³-hybridized carbons (Fsp3) is 0.480. The number of amides is 1. The summed E-state index contributed by atoms with van der Waals surface area (Å²) in [7, 11) is 0. The number of fused-ring (bicyclic) bond motifs is 3. The van der Waals surface area contributed by atoms with Gasteiger partial charge in [-0.15, -0.1) is 0 Å². The van der Waals surface area contributed by atoms with Crippen molar-refractivity contribution in [1.29, 1.82) is 0 Å². The van der Waals surface area contributed by atoms with Crippen molar-refractivity contribution in [3.05, 3.63) is 47.5 Å². The molecule has 0 spiro atoms. The standard InChI is InChI=1S/C25H32N2O/c1-2-3-5-9-18-14-15-20-23(16-18)27(17-19-10-6-4-7-11-19)22-13-8-12-21(24(20)22)25(26)28/h8,12-16,19H,2-7,9-11,17H2,1H3,(H2,26,28). The third kappa shape index (κ3) is 3.67. The molecule has 1 fully saturated rings. The minimum absolute atomic E-state index is 0.339. The molecule has 1 saturated carbocycles. The number of hydrogen-bond donors (Lipinski definition) is 1. The normalized spacial score (nSPS) is 15.5. The maximum atomic E-state index is 12.1. The SMILES string of the molecule is CCCCCc1ccc2c3c(C(N)=O)cccc3n(CC3CCCCC3)c2c1. The van der Waals surface area contributed by atoms with Crippen LogP contribution in [-0.2, 0) is 13.0 Å². The number of hydrogen-bond acceptors (Lipinski definition) is 1. The molecule has 0 bridgehead atoms. The van der Waals surface area contributed by atoms with Crippen molar-refractivity contribution in [2.45, 2.75) is 71.3 Å². The van der Waals surface area contributed by atoms with Gasteiger partial charge in [0, 0.05) is 33.9 Å². The molecule has 0 radical (unpaired) electrons. The van der Waals surface area contributed by atoms with Crippen LogP contribution in [0.25, 0.3) is 21.8 Å². The summed E-state index contributed by atoms with van der Waals surface area (Å²) in [5.74, 6) is 0.392. The molecule has 1 heterocycles. The molecular weight excluding hydrogens is 344 g/mol. The molecule has 148 valence electrons. The Morgan fingerprint density at radius 1 is 1.07 bits per heavy atom. The van der Waals surface area contributed by atoms with Crippen LogP contribution in [-0.4, -0.2) is 10.5 Å². The third-order valence-electron chi connectivity index (χ3n) is 6.46. The number of primary amides is 1. The molecule has 2 N–H and O–H groups in total. The molecule has 0 unspecified atom stereocenters. The second-order valence-electron chi connectivity index (χ2n) is 8.49. The van der Waals surface area contributed by atoms with E-state index in [4.69, 9.17) is 5.73 Å². The lowest BCUT2D eigenvalue weighted by Gasteiger charge is -2.23. The van der Waals surface area contributed by atoms with Crippen LogP contribution < -0.4 is 5.73 Å². The highest BCUT2D eigenvalue weighted by molar-refractivity contribution is 6.17. The third-order valence-corrected chi connectivity index (χ3v) is 6.46. The molecule has 1 aliphatic carbocycles. The molecule has 3 aromatic rings. The highest BCUT2D eigenvalue weighted by Gasteiger charge is 2.20. The van der Waals surface area contributed by atoms with E-state index in [1.807, 2.05) is 12.1 Å². The summed E-state index contributed by atoms with van der Waals surface area (Å²) >= 11 is 0. The van der Waals surface area contributed by atoms with Gasteiger partial charge in [0.1, 0.15) is 0 Å². The highest BCUT2D eigenvalue weighted by Crippen LogP contribution is 2.35. The Balaban J connectivity index is 1.84. The fourth-order valence-electron chi connectivity index (χ4n) is 4.95. The van der Waals surface area contributed by atoms with Crippen molar-refractivity contribution in [3.63, 3.8) is 0 Å². The first-order chi connectivity index (χ1) is 13.7. The summed E-state index contributed by atoms with van der Waals surface area (Å²) in [4.78, 5) is 12.1. The molecule has 0 aliphatic heterocycles. The zero-order valence-corrected chi connectivity index (χ0v) is 17.0. The molecule has 3 heteroatoms. The summed E-state index contributed by atoms with van der Waals surface area (Å²) in [5, 5.41) is 2.19. The predicted octanol–water partition coefficient (Wildman–Crippen LogP) is 6.21. The maximum Gasteiger partial charge on any atom is 0.249 e. The van der Waals surface area contributed by atoms with Gasteiger partial charge in [0.15, 0.2) is 0 Å². The molecule has 0 atom stereocenters. The van der Waals surface area contributed by atoms with Crippen molar-refractivity contribution < 1.29 is 4.79 Å². The molecule has 4 rings (SSSR count). The van der Waals surface area contributed by atoms with Crippen LogP contribution in [0.2, 0.25) is 0 Å². The topological polar surface area (TPSA) is 48.0 Å². The molecular formula is C25H32N2O. The average Bonchev–Trinajstić information content (AvgIpc) is 3.02. The Labute approximate surface area is 167 Å². The number of aromatic nitrogens is 1. The minimum Gasteiger partial charge on any atom is -0.366 e. The Morgan fingerprint density at radius 2 is 1.89 bits per heavy atom. The number of benzene rings is 2. The van der Waals surface area contributed by atoms with Gasteiger partial charge in [-0.1, -0.05) is 57.2 Å². The van der Waals surface area contributed by atoms with Gasteiger partial charge in [-0.25, -0.2) is 0 Å². The molecule has 1 amide bonds. The van der Waals surface area contributed by atoms with E-state index in [0.29, 0.717) is 5.56 Å². The second-order valence-corrected chi connectivity index (χ2v) is 8.49. The summed E-state index contributed by atoms with van der Waals surface area (Å²) in [6, 6.07) is 12.8. The second kappa shape index (κ2) is 8.38. The molecule has 2 aromatic carbocycles. The van der Waals surface area contributed by atoms with E-state index < -0.39 is 0 Å². The van der Waals surface area contributed by atoms with Crippen molar-refractivity contribution in [3.8, 4) is 0 Å². The van der Waals surface area contributed by atoms with Gasteiger partial charge in [-0.2, -0.15) is 0 Å². The quantitative estimate of drug-likeness (QED) is 0.490. The Morgan fingerprint density at radius 3 is 2.64 bits per heavy atom. The van der Waals surface area contributed by atoms with Crippen LogP contribution in [0.4, 0.5) is 0 Å². The summed E-state index contributed by atoms with van der Waals surface area (Å²) < 4.78 is 2.47. The Hall–Kier alpha value is -2.29. The van der Waals surface area contributed by atoms with Crippen molar-refractivity contribution in [2.24, 2.45) is 11.7 Å². The van der Waals surface area contributed by atoms with Crippen molar-refractivity contribution in [1.82, 2.24) is 4.57 Å². The first-order valence-electron chi connectivity index (χ1n) is 11.0. The van der Waals surface area contributed by atoms with Crippen molar-refractivity contribution >= 4 is 27.7 Å². The van der Waals surface area contributed by atoms with Crippen LogP contribution in [0.5, 0.6) is 0 Å².